The molecule has 0 saturated heterocycles. The SMILES string of the molecule is Cc1ccc(CSc2nc3ccc(NC(=O)CSc4nncn4C)cc3s2)cc1. The molecule has 0 spiro atoms. The van der Waals surface area contributed by atoms with Crippen molar-refractivity contribution in [2.24, 2.45) is 7.05 Å². The van der Waals surface area contributed by atoms with Crippen LogP contribution in [-0.2, 0) is 17.6 Å². The van der Waals surface area contributed by atoms with Gasteiger partial charge in [0.2, 0.25) is 5.91 Å². The third-order valence-corrected chi connectivity index (χ3v) is 7.40. The highest BCUT2D eigenvalue weighted by molar-refractivity contribution is 8.00. The molecule has 4 aromatic rings. The third-order valence-electron chi connectivity index (χ3n) is 4.14. The molecule has 2 aromatic heterocycles. The fourth-order valence-electron chi connectivity index (χ4n) is 2.60. The van der Waals surface area contributed by atoms with Crippen LogP contribution < -0.4 is 5.32 Å². The maximum absolute atomic E-state index is 12.2. The van der Waals surface area contributed by atoms with Crippen molar-refractivity contribution in [2.75, 3.05) is 11.1 Å². The van der Waals surface area contributed by atoms with Gasteiger partial charge in [-0.25, -0.2) is 4.98 Å². The lowest BCUT2D eigenvalue weighted by atomic mass is 10.2. The zero-order chi connectivity index (χ0) is 20.2. The Kier molecular flexibility index (Phi) is 6.17. The Balaban J connectivity index is 1.36. The molecule has 0 unspecified atom stereocenters. The Morgan fingerprint density at radius 1 is 1.17 bits per heavy atom. The molecule has 4 rings (SSSR count). The van der Waals surface area contributed by atoms with Crippen molar-refractivity contribution < 1.29 is 4.79 Å². The Labute approximate surface area is 181 Å². The average Bonchev–Trinajstić information content (AvgIpc) is 3.31. The van der Waals surface area contributed by atoms with Crippen molar-refractivity contribution in [3.8, 4) is 0 Å². The van der Waals surface area contributed by atoms with Crippen molar-refractivity contribution in [1.82, 2.24) is 19.7 Å². The van der Waals surface area contributed by atoms with Crippen LogP contribution in [0.2, 0.25) is 0 Å². The molecule has 29 heavy (non-hydrogen) atoms. The second kappa shape index (κ2) is 8.98. The number of anilines is 1. The van der Waals surface area contributed by atoms with Gasteiger partial charge in [-0.3, -0.25) is 4.79 Å². The van der Waals surface area contributed by atoms with Gasteiger partial charge in [-0.2, -0.15) is 0 Å². The normalized spacial score (nSPS) is 11.1. The van der Waals surface area contributed by atoms with Crippen LogP contribution in [0.15, 0.2) is 58.3 Å². The van der Waals surface area contributed by atoms with Crippen molar-refractivity contribution in [3.05, 3.63) is 59.9 Å². The summed E-state index contributed by atoms with van der Waals surface area (Å²) in [4.78, 5) is 16.9. The maximum Gasteiger partial charge on any atom is 0.234 e. The average molecular weight is 442 g/mol. The van der Waals surface area contributed by atoms with Crippen LogP contribution in [0, 0.1) is 6.92 Å². The lowest BCUT2D eigenvalue weighted by molar-refractivity contribution is -0.113. The van der Waals surface area contributed by atoms with Crippen LogP contribution in [0.3, 0.4) is 0 Å². The maximum atomic E-state index is 12.2. The smallest absolute Gasteiger partial charge is 0.234 e. The predicted molar refractivity (Wildman–Crippen MR) is 121 cm³/mol. The van der Waals surface area contributed by atoms with E-state index >= 15 is 0 Å². The molecular formula is C20H19N5OS3. The minimum absolute atomic E-state index is 0.0733. The highest BCUT2D eigenvalue weighted by atomic mass is 32.2. The van der Waals surface area contributed by atoms with Crippen molar-refractivity contribution in [2.45, 2.75) is 22.2 Å². The summed E-state index contributed by atoms with van der Waals surface area (Å²) in [6.45, 7) is 2.09. The molecule has 0 aliphatic rings. The number of thioether (sulfide) groups is 2. The lowest BCUT2D eigenvalue weighted by Crippen LogP contribution is -2.14. The topological polar surface area (TPSA) is 72.7 Å². The fourth-order valence-corrected chi connectivity index (χ4v) is 5.35. The summed E-state index contributed by atoms with van der Waals surface area (Å²) < 4.78 is 3.88. The summed E-state index contributed by atoms with van der Waals surface area (Å²) in [5, 5.41) is 11.4. The number of benzene rings is 2. The molecule has 2 heterocycles. The monoisotopic (exact) mass is 441 g/mol. The number of carbonyl (C=O) groups excluding carboxylic acids is 1. The van der Waals surface area contributed by atoms with Crippen molar-refractivity contribution >= 4 is 56.7 Å². The minimum atomic E-state index is -0.0733. The summed E-state index contributed by atoms with van der Waals surface area (Å²) in [7, 11) is 1.85. The number of carbonyl (C=O) groups is 1. The number of fused-ring (bicyclic) bond motifs is 1. The number of aryl methyl sites for hydroxylation is 2. The molecular weight excluding hydrogens is 422 g/mol. The quantitative estimate of drug-likeness (QED) is 0.417. The molecule has 1 N–H and O–H groups in total. The first-order chi connectivity index (χ1) is 14.1. The number of aromatic nitrogens is 4. The van der Waals surface area contributed by atoms with E-state index in [0.29, 0.717) is 5.16 Å². The van der Waals surface area contributed by atoms with Gasteiger partial charge in [0.25, 0.3) is 0 Å². The van der Waals surface area contributed by atoms with E-state index < -0.39 is 0 Å². The van der Waals surface area contributed by atoms with E-state index in [0.717, 1.165) is 26.0 Å². The number of hydrogen-bond donors (Lipinski definition) is 1. The van der Waals surface area contributed by atoms with Crippen LogP contribution in [0.1, 0.15) is 11.1 Å². The number of nitrogens with one attached hydrogen (secondary N) is 1. The Morgan fingerprint density at radius 3 is 2.76 bits per heavy atom. The number of thiazole rings is 1. The molecule has 9 heteroatoms. The van der Waals surface area contributed by atoms with E-state index in [2.05, 4.69) is 46.7 Å². The largest absolute Gasteiger partial charge is 0.325 e. The lowest BCUT2D eigenvalue weighted by Gasteiger charge is -2.04. The first-order valence-electron chi connectivity index (χ1n) is 8.92. The van der Waals surface area contributed by atoms with Crippen LogP contribution >= 0.6 is 34.9 Å². The van der Waals surface area contributed by atoms with Gasteiger partial charge in [-0.1, -0.05) is 53.4 Å². The van der Waals surface area contributed by atoms with Gasteiger partial charge >= 0.3 is 0 Å². The number of amides is 1. The van der Waals surface area contributed by atoms with Crippen molar-refractivity contribution in [1.29, 1.82) is 0 Å². The van der Waals surface area contributed by atoms with E-state index in [1.165, 1.54) is 22.9 Å². The Morgan fingerprint density at radius 2 is 2.00 bits per heavy atom. The molecule has 2 aromatic carbocycles. The minimum Gasteiger partial charge on any atom is -0.325 e. The summed E-state index contributed by atoms with van der Waals surface area (Å²) in [6.07, 6.45) is 1.62. The first-order valence-corrected chi connectivity index (χ1v) is 11.7. The van der Waals surface area contributed by atoms with Crippen LogP contribution in [0.4, 0.5) is 5.69 Å². The van der Waals surface area contributed by atoms with E-state index in [-0.39, 0.29) is 11.7 Å². The molecule has 0 aliphatic heterocycles. The molecule has 0 atom stereocenters. The molecule has 0 bridgehead atoms. The Hall–Kier alpha value is -2.36. The zero-order valence-corrected chi connectivity index (χ0v) is 18.4. The third kappa shape index (κ3) is 5.17. The molecule has 0 aliphatic carbocycles. The van der Waals surface area contributed by atoms with Gasteiger partial charge in [0.1, 0.15) is 6.33 Å². The van der Waals surface area contributed by atoms with Gasteiger partial charge in [0, 0.05) is 18.5 Å². The van der Waals surface area contributed by atoms with Crippen LogP contribution in [0.5, 0.6) is 0 Å². The fraction of sp³-hybridized carbons (Fsp3) is 0.200. The summed E-state index contributed by atoms with van der Waals surface area (Å²) in [5.41, 5.74) is 4.28. The molecule has 6 nitrogen and oxygen atoms in total. The summed E-state index contributed by atoms with van der Waals surface area (Å²) in [6, 6.07) is 14.4. The first kappa shape index (κ1) is 19.9. The van der Waals surface area contributed by atoms with Crippen LogP contribution in [0.25, 0.3) is 10.2 Å². The standard InChI is InChI=1S/C20H19N5OS3/c1-13-3-5-14(6-4-13)10-28-20-23-16-8-7-15(9-17(16)29-20)22-18(26)11-27-19-24-21-12-25(19)2/h3-9,12H,10-11H2,1-2H3,(H,22,26). The molecule has 148 valence electrons. The number of hydrogen-bond acceptors (Lipinski definition) is 7. The molecule has 0 radical (unpaired) electrons. The highest BCUT2D eigenvalue weighted by Gasteiger charge is 2.10. The van der Waals surface area contributed by atoms with Gasteiger partial charge in [-0.15, -0.1) is 21.5 Å². The zero-order valence-electron chi connectivity index (χ0n) is 16.0. The highest BCUT2D eigenvalue weighted by Crippen LogP contribution is 2.33. The second-order valence-corrected chi connectivity index (χ2v) is 9.69. The van der Waals surface area contributed by atoms with Gasteiger partial charge in [0.15, 0.2) is 9.50 Å². The van der Waals surface area contributed by atoms with E-state index in [4.69, 9.17) is 4.98 Å². The van der Waals surface area contributed by atoms with Gasteiger partial charge in [-0.05, 0) is 30.7 Å². The summed E-state index contributed by atoms with van der Waals surface area (Å²) >= 11 is 4.74. The van der Waals surface area contributed by atoms with E-state index in [9.17, 15) is 4.79 Å². The van der Waals surface area contributed by atoms with Gasteiger partial charge in [0.05, 0.1) is 16.0 Å². The number of nitrogens with zero attached hydrogens (tertiary/aromatic N) is 4. The van der Waals surface area contributed by atoms with E-state index in [1.807, 2.05) is 25.2 Å². The number of rotatable bonds is 7. The summed E-state index contributed by atoms with van der Waals surface area (Å²) in [5.74, 6) is 1.10. The molecule has 0 saturated carbocycles. The van der Waals surface area contributed by atoms with Gasteiger partial charge < -0.3 is 9.88 Å². The molecule has 0 fully saturated rings. The second-order valence-electron chi connectivity index (χ2n) is 6.50. The van der Waals surface area contributed by atoms with Crippen molar-refractivity contribution in [3.63, 3.8) is 0 Å². The predicted octanol–water partition coefficient (Wildman–Crippen LogP) is 4.76. The van der Waals surface area contributed by atoms with E-state index in [1.54, 1.807) is 34.0 Å². The van der Waals surface area contributed by atoms with Crippen LogP contribution in [-0.4, -0.2) is 31.4 Å². The molecule has 1 amide bonds. The Bertz CT molecular complexity index is 1140.